The van der Waals surface area contributed by atoms with Crippen molar-refractivity contribution in [3.8, 4) is 0 Å². The topological polar surface area (TPSA) is 55.4 Å². The average molecular weight is 221 g/mol. The van der Waals surface area contributed by atoms with Gasteiger partial charge in [-0.1, -0.05) is 12.1 Å². The molecule has 0 saturated heterocycles. The van der Waals surface area contributed by atoms with Crippen LogP contribution in [0.3, 0.4) is 0 Å². The fraction of sp³-hybridized carbons (Fsp3) is 0.0909. The molecule has 0 atom stereocenters. The quantitative estimate of drug-likeness (QED) is 0.570. The summed E-state index contributed by atoms with van der Waals surface area (Å²) in [5.74, 6) is -1.76. The Morgan fingerprint density at radius 1 is 1.50 bits per heavy atom. The van der Waals surface area contributed by atoms with Crippen LogP contribution in [0.4, 0.5) is 4.39 Å². The third-order valence-electron chi connectivity index (χ3n) is 2.24. The van der Waals surface area contributed by atoms with Crippen LogP contribution in [-0.4, -0.2) is 19.0 Å². The van der Waals surface area contributed by atoms with Gasteiger partial charge in [0.15, 0.2) is 0 Å². The molecule has 82 valence electrons. The van der Waals surface area contributed by atoms with E-state index >= 15 is 0 Å². The van der Waals surface area contributed by atoms with E-state index in [2.05, 4.69) is 10.1 Å². The van der Waals surface area contributed by atoms with Crippen LogP contribution in [0.5, 0.6) is 0 Å². The molecule has 0 bridgehead atoms. The first kappa shape index (κ1) is 10.4. The van der Waals surface area contributed by atoms with Crippen molar-refractivity contribution in [2.45, 2.75) is 0 Å². The van der Waals surface area contributed by atoms with E-state index in [1.54, 1.807) is 6.07 Å². The van der Waals surface area contributed by atoms with Crippen LogP contribution in [0.1, 0.15) is 15.9 Å². The lowest BCUT2D eigenvalue weighted by atomic mass is 10.1. The summed E-state index contributed by atoms with van der Waals surface area (Å²) in [7, 11) is 1.22. The molecule has 1 aliphatic rings. The number of amides is 1. The molecule has 1 aliphatic heterocycles. The Morgan fingerprint density at radius 2 is 2.25 bits per heavy atom. The number of methoxy groups -OCH3 is 1. The lowest BCUT2D eigenvalue weighted by molar-refractivity contribution is -0.134. The summed E-state index contributed by atoms with van der Waals surface area (Å²) in [5, 5.41) is 2.41. The normalized spacial score (nSPS) is 15.9. The number of carbonyl (C=O) groups excluding carboxylic acids is 2. The summed E-state index contributed by atoms with van der Waals surface area (Å²) in [4.78, 5) is 22.4. The monoisotopic (exact) mass is 221 g/mol. The lowest BCUT2D eigenvalue weighted by Gasteiger charge is -1.98. The summed E-state index contributed by atoms with van der Waals surface area (Å²) in [6.07, 6.45) is 1.11. The van der Waals surface area contributed by atoms with Gasteiger partial charge in [-0.25, -0.2) is 9.18 Å². The van der Waals surface area contributed by atoms with Crippen molar-refractivity contribution in [2.75, 3.05) is 7.11 Å². The molecular formula is C11H8FNO3. The van der Waals surface area contributed by atoms with Gasteiger partial charge in [0.2, 0.25) is 0 Å². The first-order valence-corrected chi connectivity index (χ1v) is 4.53. The number of hydrogen-bond acceptors (Lipinski definition) is 3. The van der Waals surface area contributed by atoms with Gasteiger partial charge in [-0.15, -0.1) is 0 Å². The van der Waals surface area contributed by atoms with E-state index in [-0.39, 0.29) is 11.3 Å². The molecule has 1 aromatic carbocycles. The van der Waals surface area contributed by atoms with E-state index < -0.39 is 17.7 Å². The summed E-state index contributed by atoms with van der Waals surface area (Å²) < 4.78 is 17.8. The SMILES string of the molecule is COC(=O)/C=C1\NC(=O)c2c(F)cccc21. The molecule has 0 spiro atoms. The second-order valence-corrected chi connectivity index (χ2v) is 3.20. The fourth-order valence-corrected chi connectivity index (χ4v) is 1.52. The molecule has 1 heterocycles. The number of ether oxygens (including phenoxy) is 1. The molecule has 0 radical (unpaired) electrons. The molecule has 1 amide bonds. The third kappa shape index (κ3) is 1.56. The summed E-state index contributed by atoms with van der Waals surface area (Å²) in [6.45, 7) is 0. The highest BCUT2D eigenvalue weighted by Crippen LogP contribution is 2.26. The first-order chi connectivity index (χ1) is 7.63. The molecule has 0 saturated carbocycles. The van der Waals surface area contributed by atoms with E-state index in [1.807, 2.05) is 0 Å². The number of esters is 1. The molecule has 1 N–H and O–H groups in total. The number of benzene rings is 1. The van der Waals surface area contributed by atoms with Gasteiger partial charge in [0.25, 0.3) is 5.91 Å². The van der Waals surface area contributed by atoms with E-state index in [1.165, 1.54) is 19.2 Å². The first-order valence-electron chi connectivity index (χ1n) is 4.53. The van der Waals surface area contributed by atoms with Crippen molar-refractivity contribution in [3.63, 3.8) is 0 Å². The van der Waals surface area contributed by atoms with Crippen LogP contribution in [-0.2, 0) is 9.53 Å². The molecular weight excluding hydrogens is 213 g/mol. The van der Waals surface area contributed by atoms with Gasteiger partial charge in [-0.05, 0) is 6.07 Å². The van der Waals surface area contributed by atoms with Crippen LogP contribution < -0.4 is 5.32 Å². The zero-order valence-corrected chi connectivity index (χ0v) is 8.41. The molecule has 1 aromatic rings. The molecule has 2 rings (SSSR count). The highest BCUT2D eigenvalue weighted by Gasteiger charge is 2.27. The van der Waals surface area contributed by atoms with Gasteiger partial charge in [0, 0.05) is 11.6 Å². The molecule has 16 heavy (non-hydrogen) atoms. The number of nitrogens with one attached hydrogen (secondary N) is 1. The molecule has 0 aromatic heterocycles. The third-order valence-corrected chi connectivity index (χ3v) is 2.24. The fourth-order valence-electron chi connectivity index (χ4n) is 1.52. The number of carbonyl (C=O) groups is 2. The van der Waals surface area contributed by atoms with Gasteiger partial charge in [0.05, 0.1) is 18.4 Å². The highest BCUT2D eigenvalue weighted by molar-refractivity contribution is 6.11. The zero-order valence-electron chi connectivity index (χ0n) is 8.41. The number of hydrogen-bond donors (Lipinski definition) is 1. The summed E-state index contributed by atoms with van der Waals surface area (Å²) in [6, 6.07) is 4.23. The smallest absolute Gasteiger partial charge is 0.332 e. The number of fused-ring (bicyclic) bond motifs is 1. The van der Waals surface area contributed by atoms with Crippen molar-refractivity contribution in [2.24, 2.45) is 0 Å². The van der Waals surface area contributed by atoms with Crippen molar-refractivity contribution >= 4 is 17.6 Å². The Balaban J connectivity index is 2.52. The predicted molar refractivity (Wildman–Crippen MR) is 53.9 cm³/mol. The summed E-state index contributed by atoms with van der Waals surface area (Å²) in [5.41, 5.74) is 0.583. The van der Waals surface area contributed by atoms with Crippen molar-refractivity contribution in [3.05, 3.63) is 41.2 Å². The lowest BCUT2D eigenvalue weighted by Crippen LogP contribution is -2.14. The van der Waals surface area contributed by atoms with Gasteiger partial charge in [-0.3, -0.25) is 4.79 Å². The Labute approximate surface area is 90.7 Å². The van der Waals surface area contributed by atoms with E-state index in [0.717, 1.165) is 6.08 Å². The van der Waals surface area contributed by atoms with Crippen LogP contribution in [0.15, 0.2) is 24.3 Å². The number of rotatable bonds is 1. The maximum atomic E-state index is 13.3. The average Bonchev–Trinajstić information content (AvgIpc) is 2.57. The van der Waals surface area contributed by atoms with E-state index in [4.69, 9.17) is 0 Å². The van der Waals surface area contributed by atoms with Gasteiger partial charge < -0.3 is 10.1 Å². The number of halogens is 1. The maximum Gasteiger partial charge on any atom is 0.332 e. The minimum absolute atomic E-state index is 0.0438. The molecule has 4 nitrogen and oxygen atoms in total. The van der Waals surface area contributed by atoms with Crippen LogP contribution in [0.2, 0.25) is 0 Å². The van der Waals surface area contributed by atoms with Crippen molar-refractivity contribution in [1.82, 2.24) is 5.32 Å². The Hall–Kier alpha value is -2.17. The second kappa shape index (κ2) is 3.77. The predicted octanol–water partition coefficient (Wildman–Crippen LogP) is 1.08. The standard InChI is InChI=1S/C11H8FNO3/c1-16-9(14)5-8-6-3-2-4-7(12)10(6)11(15)13-8/h2-5H,1H3,(H,13,15)/b8-5-. The maximum absolute atomic E-state index is 13.3. The molecule has 0 fully saturated rings. The largest absolute Gasteiger partial charge is 0.466 e. The van der Waals surface area contributed by atoms with E-state index in [9.17, 15) is 14.0 Å². The molecule has 5 heteroatoms. The van der Waals surface area contributed by atoms with Crippen molar-refractivity contribution in [1.29, 1.82) is 0 Å². The molecule has 0 unspecified atom stereocenters. The van der Waals surface area contributed by atoms with Crippen LogP contribution in [0.25, 0.3) is 5.70 Å². The zero-order chi connectivity index (χ0) is 11.7. The van der Waals surface area contributed by atoms with Crippen LogP contribution in [0, 0.1) is 5.82 Å². The molecule has 0 aliphatic carbocycles. The van der Waals surface area contributed by atoms with Gasteiger partial charge in [-0.2, -0.15) is 0 Å². The van der Waals surface area contributed by atoms with Crippen molar-refractivity contribution < 1.29 is 18.7 Å². The minimum Gasteiger partial charge on any atom is -0.466 e. The minimum atomic E-state index is -0.608. The van der Waals surface area contributed by atoms with Gasteiger partial charge in [0.1, 0.15) is 5.82 Å². The van der Waals surface area contributed by atoms with Gasteiger partial charge >= 0.3 is 5.97 Å². The Morgan fingerprint density at radius 3 is 2.94 bits per heavy atom. The Bertz CT molecular complexity index is 508. The summed E-state index contributed by atoms with van der Waals surface area (Å²) >= 11 is 0. The highest BCUT2D eigenvalue weighted by atomic mass is 19.1. The second-order valence-electron chi connectivity index (χ2n) is 3.20. The van der Waals surface area contributed by atoms with E-state index in [0.29, 0.717) is 5.56 Å². The van der Waals surface area contributed by atoms with Crippen LogP contribution >= 0.6 is 0 Å². The Kier molecular flexibility index (Phi) is 2.44.